The molecule has 112 valence electrons. The van der Waals surface area contributed by atoms with Crippen molar-refractivity contribution < 1.29 is 14.3 Å². The number of aliphatic hydroxyl groups excluding tert-OH is 1. The molecule has 0 bridgehead atoms. The molecule has 6 heteroatoms. The third-order valence-corrected chi connectivity index (χ3v) is 5.12. The van der Waals surface area contributed by atoms with Crippen molar-refractivity contribution in [1.82, 2.24) is 4.90 Å². The van der Waals surface area contributed by atoms with E-state index >= 15 is 0 Å². The van der Waals surface area contributed by atoms with E-state index in [1.165, 1.54) is 17.6 Å². The van der Waals surface area contributed by atoms with Crippen molar-refractivity contribution in [3.8, 4) is 0 Å². The van der Waals surface area contributed by atoms with Gasteiger partial charge in [0.15, 0.2) is 0 Å². The summed E-state index contributed by atoms with van der Waals surface area (Å²) in [6, 6.07) is 5.48. The maximum atomic E-state index is 12.5. The van der Waals surface area contributed by atoms with E-state index < -0.39 is 6.10 Å². The average Bonchev–Trinajstić information content (AvgIpc) is 3.19. The summed E-state index contributed by atoms with van der Waals surface area (Å²) in [6.45, 7) is 0.697. The highest BCUT2D eigenvalue weighted by molar-refractivity contribution is 7.10. The van der Waals surface area contributed by atoms with Gasteiger partial charge in [-0.2, -0.15) is 0 Å². The fourth-order valence-corrected chi connectivity index (χ4v) is 3.72. The lowest BCUT2D eigenvalue weighted by molar-refractivity contribution is 0.0669. The number of amides is 1. The van der Waals surface area contributed by atoms with Crippen LogP contribution in [0.3, 0.4) is 0 Å². The summed E-state index contributed by atoms with van der Waals surface area (Å²) in [5, 5.41) is 12.4. The first-order chi connectivity index (χ1) is 10.2. The van der Waals surface area contributed by atoms with E-state index in [1.807, 2.05) is 17.5 Å². The zero-order valence-corrected chi connectivity index (χ0v) is 12.9. The van der Waals surface area contributed by atoms with E-state index in [1.54, 1.807) is 11.0 Å². The molecule has 4 nitrogen and oxygen atoms in total. The molecule has 1 amide bonds. The molecule has 1 saturated heterocycles. The van der Waals surface area contributed by atoms with Crippen molar-refractivity contribution in [2.24, 2.45) is 0 Å². The Balaban J connectivity index is 1.71. The number of hydrogen-bond donors (Lipinski definition) is 1. The minimum absolute atomic E-state index is 0.0422. The van der Waals surface area contributed by atoms with E-state index in [4.69, 9.17) is 16.0 Å². The Morgan fingerprint density at radius 1 is 1.57 bits per heavy atom. The fourth-order valence-electron chi connectivity index (χ4n) is 2.80. The van der Waals surface area contributed by atoms with Gasteiger partial charge < -0.3 is 14.4 Å². The molecule has 3 heterocycles. The second-order valence-electron chi connectivity index (χ2n) is 5.17. The first kappa shape index (κ1) is 14.6. The lowest BCUT2D eigenvalue weighted by Crippen LogP contribution is -2.36. The molecule has 21 heavy (non-hydrogen) atoms. The fraction of sp³-hybridized carbons (Fsp3) is 0.400. The van der Waals surface area contributed by atoms with Crippen LogP contribution in [0.5, 0.6) is 0 Å². The van der Waals surface area contributed by atoms with Crippen LogP contribution < -0.4 is 0 Å². The molecule has 0 saturated carbocycles. The number of thiophene rings is 1. The summed E-state index contributed by atoms with van der Waals surface area (Å²) in [5.74, 6) is -0.116. The van der Waals surface area contributed by atoms with E-state index in [0.717, 1.165) is 17.7 Å². The van der Waals surface area contributed by atoms with Crippen molar-refractivity contribution in [2.45, 2.75) is 31.4 Å². The van der Waals surface area contributed by atoms with Gasteiger partial charge >= 0.3 is 0 Å². The van der Waals surface area contributed by atoms with E-state index in [-0.39, 0.29) is 17.2 Å². The normalized spacial score (nSPS) is 19.9. The zero-order valence-electron chi connectivity index (χ0n) is 11.4. The molecule has 0 unspecified atom stereocenters. The second kappa shape index (κ2) is 6.22. The second-order valence-corrected chi connectivity index (χ2v) is 6.49. The Bertz CT molecular complexity index is 610. The number of hydrogen-bond acceptors (Lipinski definition) is 4. The quantitative estimate of drug-likeness (QED) is 0.932. The van der Waals surface area contributed by atoms with Gasteiger partial charge in [-0.15, -0.1) is 11.3 Å². The molecule has 1 N–H and O–H groups in total. The smallest absolute Gasteiger partial charge is 0.258 e. The Morgan fingerprint density at radius 3 is 3.10 bits per heavy atom. The summed E-state index contributed by atoms with van der Waals surface area (Å²) in [7, 11) is 0. The number of nitrogens with zero attached hydrogens (tertiary/aromatic N) is 1. The third-order valence-electron chi connectivity index (χ3n) is 3.85. The van der Waals surface area contributed by atoms with Crippen molar-refractivity contribution in [1.29, 1.82) is 0 Å². The topological polar surface area (TPSA) is 53.7 Å². The van der Waals surface area contributed by atoms with Crippen LogP contribution in [0.15, 0.2) is 34.3 Å². The zero-order chi connectivity index (χ0) is 14.8. The van der Waals surface area contributed by atoms with Gasteiger partial charge in [0.05, 0.1) is 17.9 Å². The lowest BCUT2D eigenvalue weighted by Gasteiger charge is -2.26. The van der Waals surface area contributed by atoms with Crippen LogP contribution in [0.1, 0.15) is 40.6 Å². The summed E-state index contributed by atoms with van der Waals surface area (Å²) >= 11 is 7.42. The summed E-state index contributed by atoms with van der Waals surface area (Å²) in [4.78, 5) is 15.2. The van der Waals surface area contributed by atoms with Gasteiger partial charge in [-0.05, 0) is 48.4 Å². The molecule has 2 aromatic heterocycles. The highest BCUT2D eigenvalue weighted by atomic mass is 35.5. The Labute approximate surface area is 131 Å². The molecule has 1 fully saturated rings. The first-order valence-electron chi connectivity index (χ1n) is 6.92. The van der Waals surface area contributed by atoms with Crippen LogP contribution in [0.4, 0.5) is 0 Å². The van der Waals surface area contributed by atoms with Crippen LogP contribution in [0.2, 0.25) is 5.22 Å². The minimum Gasteiger partial charge on any atom is -0.452 e. The van der Waals surface area contributed by atoms with Gasteiger partial charge in [0.1, 0.15) is 0 Å². The van der Waals surface area contributed by atoms with Crippen LogP contribution in [0, 0.1) is 0 Å². The average molecular weight is 326 g/mol. The molecule has 2 atom stereocenters. The van der Waals surface area contributed by atoms with Crippen LogP contribution in [-0.2, 0) is 0 Å². The maximum absolute atomic E-state index is 12.5. The van der Waals surface area contributed by atoms with Gasteiger partial charge in [0.25, 0.3) is 5.91 Å². The largest absolute Gasteiger partial charge is 0.452 e. The molecule has 1 aliphatic heterocycles. The van der Waals surface area contributed by atoms with Gasteiger partial charge in [-0.25, -0.2) is 0 Å². The van der Waals surface area contributed by atoms with E-state index in [2.05, 4.69) is 0 Å². The Hall–Kier alpha value is -1.30. The predicted octanol–water partition coefficient (Wildman–Crippen LogP) is 3.72. The number of carbonyl (C=O) groups is 1. The van der Waals surface area contributed by atoms with E-state index in [9.17, 15) is 9.90 Å². The Kier molecular flexibility index (Phi) is 4.33. The highest BCUT2D eigenvalue weighted by Crippen LogP contribution is 2.31. The number of aliphatic hydroxyl groups is 1. The van der Waals surface area contributed by atoms with Crippen molar-refractivity contribution in [2.75, 3.05) is 6.54 Å². The number of rotatable bonds is 4. The molecule has 2 aromatic rings. The van der Waals surface area contributed by atoms with Gasteiger partial charge in [-0.1, -0.05) is 6.07 Å². The van der Waals surface area contributed by atoms with Crippen molar-refractivity contribution in [3.63, 3.8) is 0 Å². The number of furan rings is 1. The summed E-state index contributed by atoms with van der Waals surface area (Å²) in [5.41, 5.74) is 0.397. The molecule has 0 spiro atoms. The molecular weight excluding hydrogens is 310 g/mol. The SMILES string of the molecule is O=C(c1ccoc1Cl)N1CCC[C@H]1C[C@@H](O)c1cccs1. The maximum Gasteiger partial charge on any atom is 0.258 e. The highest BCUT2D eigenvalue weighted by Gasteiger charge is 2.32. The van der Waals surface area contributed by atoms with Crippen LogP contribution in [0.25, 0.3) is 0 Å². The van der Waals surface area contributed by atoms with Gasteiger partial charge in [0, 0.05) is 17.5 Å². The van der Waals surface area contributed by atoms with Crippen molar-refractivity contribution >= 4 is 28.8 Å². The molecule has 0 aliphatic carbocycles. The van der Waals surface area contributed by atoms with Crippen molar-refractivity contribution in [3.05, 3.63) is 45.5 Å². The number of carbonyl (C=O) groups excluding carboxylic acids is 1. The number of halogens is 1. The number of likely N-dealkylation sites (tertiary alicyclic amines) is 1. The monoisotopic (exact) mass is 325 g/mol. The lowest BCUT2D eigenvalue weighted by atomic mass is 10.1. The molecule has 1 aliphatic rings. The van der Waals surface area contributed by atoms with Crippen LogP contribution in [-0.4, -0.2) is 28.5 Å². The Morgan fingerprint density at radius 2 is 2.43 bits per heavy atom. The molecule has 0 aromatic carbocycles. The predicted molar refractivity (Wildman–Crippen MR) is 81.7 cm³/mol. The van der Waals surface area contributed by atoms with Crippen LogP contribution >= 0.6 is 22.9 Å². The van der Waals surface area contributed by atoms with Gasteiger partial charge in [0.2, 0.25) is 5.22 Å². The standard InChI is InChI=1S/C15H16ClNO3S/c16-14-11(5-7-20-14)15(19)17-6-1-3-10(17)9-12(18)13-4-2-8-21-13/h2,4-5,7-8,10,12,18H,1,3,6,9H2/t10-,12+/m0/s1. The minimum atomic E-state index is -0.525. The summed E-state index contributed by atoms with van der Waals surface area (Å²) in [6.07, 6.45) is 3.30. The summed E-state index contributed by atoms with van der Waals surface area (Å²) < 4.78 is 4.99. The first-order valence-corrected chi connectivity index (χ1v) is 8.18. The third kappa shape index (κ3) is 3.00. The molecule has 0 radical (unpaired) electrons. The molecule has 3 rings (SSSR count). The van der Waals surface area contributed by atoms with Gasteiger partial charge in [-0.3, -0.25) is 4.79 Å². The van der Waals surface area contributed by atoms with E-state index in [0.29, 0.717) is 18.5 Å². The molecular formula is C15H16ClNO3S.